The Morgan fingerprint density at radius 1 is 0.838 bits per heavy atom. The molecule has 1 aromatic heterocycles. The lowest BCUT2D eigenvalue weighted by Gasteiger charge is -2.21. The lowest BCUT2D eigenvalue weighted by Crippen LogP contribution is -2.42. The Morgan fingerprint density at radius 2 is 1.43 bits per heavy atom. The maximum Gasteiger partial charge on any atom is 0.266 e. The molecular formula is C30H31N3O4. The van der Waals surface area contributed by atoms with Crippen molar-refractivity contribution in [2.75, 3.05) is 13.7 Å². The van der Waals surface area contributed by atoms with E-state index in [2.05, 4.69) is 29.6 Å². The van der Waals surface area contributed by atoms with Gasteiger partial charge in [0.25, 0.3) is 5.91 Å². The monoisotopic (exact) mass is 497 g/mol. The van der Waals surface area contributed by atoms with Crippen molar-refractivity contribution in [1.29, 1.82) is 0 Å². The van der Waals surface area contributed by atoms with Gasteiger partial charge in [-0.1, -0.05) is 84.9 Å². The molecule has 190 valence electrons. The molecule has 4 aromatic rings. The number of ether oxygens (including phenoxy) is 1. The molecule has 0 aliphatic heterocycles. The molecule has 0 spiro atoms. The SMILES string of the molecule is COC[C@H](Cc1ccccc1)NC(=O)C[C@H](C(=O)NO)n1ccc(-c2ccc(-c3ccccc3)cc2)c1. The lowest BCUT2D eigenvalue weighted by molar-refractivity contribution is -0.136. The summed E-state index contributed by atoms with van der Waals surface area (Å²) in [5.41, 5.74) is 6.90. The minimum Gasteiger partial charge on any atom is -0.383 e. The third-order valence-electron chi connectivity index (χ3n) is 6.25. The minimum absolute atomic E-state index is 0.136. The number of nitrogens with one attached hydrogen (secondary N) is 2. The van der Waals surface area contributed by atoms with Gasteiger partial charge < -0.3 is 14.6 Å². The number of hydrogen-bond donors (Lipinski definition) is 3. The van der Waals surface area contributed by atoms with Gasteiger partial charge in [0.15, 0.2) is 0 Å². The Balaban J connectivity index is 1.46. The Hall–Kier alpha value is -4.20. The van der Waals surface area contributed by atoms with Crippen LogP contribution in [0.1, 0.15) is 18.0 Å². The Labute approximate surface area is 216 Å². The highest BCUT2D eigenvalue weighted by Crippen LogP contribution is 2.26. The van der Waals surface area contributed by atoms with E-state index in [1.54, 1.807) is 29.6 Å². The summed E-state index contributed by atoms with van der Waals surface area (Å²) < 4.78 is 6.93. The normalized spacial score (nSPS) is 12.5. The van der Waals surface area contributed by atoms with E-state index in [1.807, 2.05) is 66.7 Å². The van der Waals surface area contributed by atoms with Crippen molar-refractivity contribution in [2.24, 2.45) is 0 Å². The van der Waals surface area contributed by atoms with Crippen LogP contribution in [0.4, 0.5) is 0 Å². The van der Waals surface area contributed by atoms with Crippen LogP contribution < -0.4 is 10.8 Å². The van der Waals surface area contributed by atoms with Crippen molar-refractivity contribution >= 4 is 11.8 Å². The molecule has 37 heavy (non-hydrogen) atoms. The summed E-state index contributed by atoms with van der Waals surface area (Å²) in [6.07, 6.45) is 4.01. The highest BCUT2D eigenvalue weighted by atomic mass is 16.5. The summed E-state index contributed by atoms with van der Waals surface area (Å²) in [6, 6.07) is 28.8. The Morgan fingerprint density at radius 3 is 2.05 bits per heavy atom. The van der Waals surface area contributed by atoms with Crippen LogP contribution in [0.15, 0.2) is 103 Å². The first kappa shape index (κ1) is 25.9. The fourth-order valence-corrected chi connectivity index (χ4v) is 4.39. The number of rotatable bonds is 11. The molecule has 4 rings (SSSR count). The number of hydrogen-bond acceptors (Lipinski definition) is 4. The lowest BCUT2D eigenvalue weighted by atomic mass is 10.0. The predicted molar refractivity (Wildman–Crippen MR) is 143 cm³/mol. The number of hydroxylamine groups is 1. The van der Waals surface area contributed by atoms with E-state index in [1.165, 1.54) is 0 Å². The van der Waals surface area contributed by atoms with E-state index in [9.17, 15) is 14.8 Å². The van der Waals surface area contributed by atoms with Gasteiger partial charge in [0.05, 0.1) is 19.1 Å². The summed E-state index contributed by atoms with van der Waals surface area (Å²) >= 11 is 0. The van der Waals surface area contributed by atoms with Crippen molar-refractivity contribution < 1.29 is 19.5 Å². The smallest absolute Gasteiger partial charge is 0.266 e. The number of amides is 2. The molecule has 0 saturated carbocycles. The quantitative estimate of drug-likeness (QED) is 0.208. The first-order valence-corrected chi connectivity index (χ1v) is 12.2. The highest BCUT2D eigenvalue weighted by molar-refractivity contribution is 5.87. The molecule has 7 nitrogen and oxygen atoms in total. The molecule has 2 atom stereocenters. The molecule has 1 heterocycles. The summed E-state index contributed by atoms with van der Waals surface area (Å²) in [5, 5.41) is 12.3. The van der Waals surface area contributed by atoms with Crippen molar-refractivity contribution in [1.82, 2.24) is 15.4 Å². The van der Waals surface area contributed by atoms with Gasteiger partial charge in [-0.05, 0) is 40.3 Å². The zero-order valence-electron chi connectivity index (χ0n) is 20.7. The number of nitrogens with zero attached hydrogens (tertiary/aromatic N) is 1. The van der Waals surface area contributed by atoms with Gasteiger partial charge in [-0.3, -0.25) is 14.8 Å². The van der Waals surface area contributed by atoms with Crippen LogP contribution in [0.3, 0.4) is 0 Å². The van der Waals surface area contributed by atoms with Crippen LogP contribution in [0.25, 0.3) is 22.3 Å². The van der Waals surface area contributed by atoms with Gasteiger partial charge in [0.2, 0.25) is 5.91 Å². The predicted octanol–water partition coefficient (Wildman–Crippen LogP) is 4.63. The summed E-state index contributed by atoms with van der Waals surface area (Å²) in [5.74, 6) is -0.975. The molecule has 0 saturated heterocycles. The second kappa shape index (κ2) is 12.7. The molecule has 7 heteroatoms. The van der Waals surface area contributed by atoms with Gasteiger partial charge in [-0.2, -0.15) is 0 Å². The van der Waals surface area contributed by atoms with E-state index in [0.29, 0.717) is 13.0 Å². The van der Waals surface area contributed by atoms with Crippen molar-refractivity contribution in [3.63, 3.8) is 0 Å². The Kier molecular flexibility index (Phi) is 8.86. The third kappa shape index (κ3) is 6.94. The molecular weight excluding hydrogens is 466 g/mol. The van der Waals surface area contributed by atoms with E-state index in [4.69, 9.17) is 4.74 Å². The van der Waals surface area contributed by atoms with E-state index >= 15 is 0 Å². The zero-order valence-corrected chi connectivity index (χ0v) is 20.7. The average molecular weight is 498 g/mol. The van der Waals surface area contributed by atoms with E-state index in [0.717, 1.165) is 27.8 Å². The molecule has 0 bridgehead atoms. The van der Waals surface area contributed by atoms with Gasteiger partial charge in [0, 0.05) is 19.5 Å². The largest absolute Gasteiger partial charge is 0.383 e. The van der Waals surface area contributed by atoms with Gasteiger partial charge in [-0.25, -0.2) is 5.48 Å². The molecule has 0 unspecified atom stereocenters. The maximum atomic E-state index is 12.9. The number of aromatic nitrogens is 1. The second-order valence-electron chi connectivity index (χ2n) is 8.90. The van der Waals surface area contributed by atoms with Crippen LogP contribution >= 0.6 is 0 Å². The maximum absolute atomic E-state index is 12.9. The molecule has 0 aliphatic rings. The topological polar surface area (TPSA) is 92.6 Å². The average Bonchev–Trinajstić information content (AvgIpc) is 3.43. The fourth-order valence-electron chi connectivity index (χ4n) is 4.39. The van der Waals surface area contributed by atoms with Crippen LogP contribution in [-0.2, 0) is 20.7 Å². The van der Waals surface area contributed by atoms with Crippen LogP contribution in [0, 0.1) is 0 Å². The number of benzene rings is 3. The van der Waals surface area contributed by atoms with Gasteiger partial charge in [-0.15, -0.1) is 0 Å². The molecule has 0 aliphatic carbocycles. The summed E-state index contributed by atoms with van der Waals surface area (Å²) in [4.78, 5) is 25.4. The van der Waals surface area contributed by atoms with Crippen molar-refractivity contribution in [2.45, 2.75) is 24.9 Å². The van der Waals surface area contributed by atoms with Crippen LogP contribution in [0.5, 0.6) is 0 Å². The fraction of sp³-hybridized carbons (Fsp3) is 0.200. The van der Waals surface area contributed by atoms with Crippen LogP contribution in [0.2, 0.25) is 0 Å². The molecule has 3 N–H and O–H groups in total. The standard InChI is InChI=1S/C30H31N3O4/c1-37-21-27(18-22-8-4-2-5-9-22)31-29(34)19-28(30(35)32-36)33-17-16-26(20-33)25-14-12-24(13-15-25)23-10-6-3-7-11-23/h2-17,20,27-28,36H,18-19,21H2,1H3,(H,31,34)(H,32,35)/t27-,28+/m0/s1. The summed E-state index contributed by atoms with van der Waals surface area (Å²) in [7, 11) is 1.58. The Bertz CT molecular complexity index is 1290. The minimum atomic E-state index is -0.915. The number of carbonyl (C=O) groups is 2. The molecule has 0 fully saturated rings. The third-order valence-corrected chi connectivity index (χ3v) is 6.25. The van der Waals surface area contributed by atoms with E-state index in [-0.39, 0.29) is 18.4 Å². The molecule has 0 radical (unpaired) electrons. The number of methoxy groups -OCH3 is 1. The summed E-state index contributed by atoms with van der Waals surface area (Å²) in [6.45, 7) is 0.337. The first-order valence-electron chi connectivity index (χ1n) is 12.2. The van der Waals surface area contributed by atoms with Gasteiger partial charge in [0.1, 0.15) is 6.04 Å². The second-order valence-corrected chi connectivity index (χ2v) is 8.90. The molecule has 3 aromatic carbocycles. The van der Waals surface area contributed by atoms with Crippen LogP contribution in [-0.4, -0.2) is 41.3 Å². The molecule has 2 amide bonds. The zero-order chi connectivity index (χ0) is 26.0. The van der Waals surface area contributed by atoms with Gasteiger partial charge >= 0.3 is 0 Å². The number of carbonyl (C=O) groups excluding carboxylic acids is 2. The first-order chi connectivity index (χ1) is 18.1. The van der Waals surface area contributed by atoms with Crippen molar-refractivity contribution in [3.05, 3.63) is 109 Å². The van der Waals surface area contributed by atoms with E-state index < -0.39 is 11.9 Å². The highest BCUT2D eigenvalue weighted by Gasteiger charge is 2.25. The van der Waals surface area contributed by atoms with Crippen molar-refractivity contribution in [3.8, 4) is 22.3 Å².